The fourth-order valence-corrected chi connectivity index (χ4v) is 1.60. The van der Waals surface area contributed by atoms with E-state index in [4.69, 9.17) is 0 Å². The molecule has 0 heterocycles. The highest BCUT2D eigenvalue weighted by Crippen LogP contribution is 2.26. The third-order valence-corrected chi connectivity index (χ3v) is 2.01. The molecule has 0 aromatic heterocycles. The molecular formula is C10H11BrFN. The van der Waals surface area contributed by atoms with Gasteiger partial charge in [-0.1, -0.05) is 15.9 Å². The van der Waals surface area contributed by atoms with Gasteiger partial charge in [0.15, 0.2) is 0 Å². The van der Waals surface area contributed by atoms with Gasteiger partial charge in [0.1, 0.15) is 11.5 Å². The Morgan fingerprint density at radius 2 is 2.00 bits per heavy atom. The molecule has 3 heteroatoms. The maximum atomic E-state index is 13.3. The Morgan fingerprint density at radius 3 is 2.46 bits per heavy atom. The SMILES string of the molecule is CC(C)=Nc1c(C)cc(Br)cc1F. The average molecular weight is 244 g/mol. The number of halogens is 2. The molecule has 0 amide bonds. The first kappa shape index (κ1) is 10.4. The molecule has 1 nitrogen and oxygen atoms in total. The standard InChI is InChI=1S/C10H11BrFN/c1-6(2)13-10-7(3)4-8(11)5-9(10)12/h4-5H,1-3H3. The molecule has 0 saturated carbocycles. The molecule has 1 aromatic carbocycles. The summed E-state index contributed by atoms with van der Waals surface area (Å²) in [5, 5.41) is 0. The van der Waals surface area contributed by atoms with Gasteiger partial charge in [0.05, 0.1) is 0 Å². The van der Waals surface area contributed by atoms with E-state index in [1.807, 2.05) is 26.8 Å². The quantitative estimate of drug-likeness (QED) is 0.662. The number of rotatable bonds is 1. The van der Waals surface area contributed by atoms with Gasteiger partial charge in [-0.15, -0.1) is 0 Å². The molecule has 1 rings (SSSR count). The molecule has 13 heavy (non-hydrogen) atoms. The van der Waals surface area contributed by atoms with Crippen molar-refractivity contribution in [3.05, 3.63) is 28.0 Å². The van der Waals surface area contributed by atoms with Crippen molar-refractivity contribution in [2.45, 2.75) is 20.8 Å². The third-order valence-electron chi connectivity index (χ3n) is 1.55. The number of hydrogen-bond acceptors (Lipinski definition) is 1. The van der Waals surface area contributed by atoms with Crippen LogP contribution in [0.15, 0.2) is 21.6 Å². The van der Waals surface area contributed by atoms with Gasteiger partial charge in [0.2, 0.25) is 0 Å². The van der Waals surface area contributed by atoms with Crippen molar-refractivity contribution in [2.24, 2.45) is 4.99 Å². The van der Waals surface area contributed by atoms with E-state index in [1.165, 1.54) is 6.07 Å². The molecule has 0 saturated heterocycles. The van der Waals surface area contributed by atoms with E-state index in [0.717, 1.165) is 15.7 Å². The number of benzene rings is 1. The molecule has 0 aliphatic rings. The van der Waals surface area contributed by atoms with Gasteiger partial charge in [-0.2, -0.15) is 0 Å². The Bertz CT molecular complexity index is 331. The molecule has 0 bridgehead atoms. The molecule has 0 N–H and O–H groups in total. The lowest BCUT2D eigenvalue weighted by atomic mass is 10.2. The van der Waals surface area contributed by atoms with Crippen LogP contribution in [0.2, 0.25) is 0 Å². The van der Waals surface area contributed by atoms with Crippen LogP contribution in [0.25, 0.3) is 0 Å². The minimum Gasteiger partial charge on any atom is -0.255 e. The number of aryl methyl sites for hydroxylation is 1. The predicted octanol–water partition coefficient (Wildman–Crippen LogP) is 4.01. The summed E-state index contributed by atoms with van der Waals surface area (Å²) in [6.45, 7) is 5.54. The van der Waals surface area contributed by atoms with Gasteiger partial charge in [-0.05, 0) is 38.5 Å². The van der Waals surface area contributed by atoms with Crippen molar-refractivity contribution in [1.29, 1.82) is 0 Å². The smallest absolute Gasteiger partial charge is 0.150 e. The number of aliphatic imine (C=N–C) groups is 1. The molecule has 70 valence electrons. The van der Waals surface area contributed by atoms with Crippen LogP contribution in [0.3, 0.4) is 0 Å². The minimum absolute atomic E-state index is 0.284. The second-order valence-electron chi connectivity index (χ2n) is 3.11. The van der Waals surface area contributed by atoms with E-state index in [2.05, 4.69) is 20.9 Å². The summed E-state index contributed by atoms with van der Waals surface area (Å²) in [6, 6.07) is 3.28. The zero-order chi connectivity index (χ0) is 10.0. The maximum absolute atomic E-state index is 13.3. The summed E-state index contributed by atoms with van der Waals surface area (Å²) in [6.07, 6.45) is 0. The van der Waals surface area contributed by atoms with Crippen LogP contribution in [0.1, 0.15) is 19.4 Å². The second kappa shape index (κ2) is 4.01. The monoisotopic (exact) mass is 243 g/mol. The maximum Gasteiger partial charge on any atom is 0.150 e. The summed E-state index contributed by atoms with van der Waals surface area (Å²) in [7, 11) is 0. The number of hydrogen-bond donors (Lipinski definition) is 0. The average Bonchev–Trinajstić information content (AvgIpc) is 1.96. The Balaban J connectivity index is 3.29. The molecule has 0 atom stereocenters. The summed E-state index contributed by atoms with van der Waals surface area (Å²) in [5.41, 5.74) is 2.13. The van der Waals surface area contributed by atoms with Crippen LogP contribution in [0.5, 0.6) is 0 Å². The van der Waals surface area contributed by atoms with E-state index in [0.29, 0.717) is 5.69 Å². The Hall–Kier alpha value is -0.700. The molecule has 0 fully saturated rings. The molecule has 0 aliphatic carbocycles. The van der Waals surface area contributed by atoms with Crippen LogP contribution >= 0.6 is 15.9 Å². The van der Waals surface area contributed by atoms with Gasteiger partial charge in [-0.25, -0.2) is 4.39 Å². The van der Waals surface area contributed by atoms with Crippen LogP contribution in [-0.2, 0) is 0 Å². The zero-order valence-electron chi connectivity index (χ0n) is 7.86. The lowest BCUT2D eigenvalue weighted by Crippen LogP contribution is -1.86. The van der Waals surface area contributed by atoms with E-state index in [-0.39, 0.29) is 5.82 Å². The van der Waals surface area contributed by atoms with Gasteiger partial charge < -0.3 is 0 Å². The first-order chi connectivity index (χ1) is 6.00. The summed E-state index contributed by atoms with van der Waals surface area (Å²) >= 11 is 3.22. The van der Waals surface area contributed by atoms with Gasteiger partial charge in [0.25, 0.3) is 0 Å². The van der Waals surface area contributed by atoms with Gasteiger partial charge in [-0.3, -0.25) is 4.99 Å². The summed E-state index contributed by atoms with van der Waals surface area (Å²) < 4.78 is 14.1. The minimum atomic E-state index is -0.284. The van der Waals surface area contributed by atoms with Crippen molar-refractivity contribution in [1.82, 2.24) is 0 Å². The molecule has 1 aromatic rings. The Labute approximate surface area is 85.8 Å². The molecular weight excluding hydrogens is 233 g/mol. The Kier molecular flexibility index (Phi) is 3.20. The predicted molar refractivity (Wildman–Crippen MR) is 57.3 cm³/mol. The highest BCUT2D eigenvalue weighted by molar-refractivity contribution is 9.10. The van der Waals surface area contributed by atoms with Crippen LogP contribution in [0.4, 0.5) is 10.1 Å². The van der Waals surface area contributed by atoms with Crippen LogP contribution in [0, 0.1) is 12.7 Å². The largest absolute Gasteiger partial charge is 0.255 e. The van der Waals surface area contributed by atoms with Gasteiger partial charge in [0, 0.05) is 10.2 Å². The van der Waals surface area contributed by atoms with Crippen LogP contribution in [-0.4, -0.2) is 5.71 Å². The zero-order valence-corrected chi connectivity index (χ0v) is 9.44. The van der Waals surface area contributed by atoms with E-state index >= 15 is 0 Å². The second-order valence-corrected chi connectivity index (χ2v) is 4.03. The van der Waals surface area contributed by atoms with Gasteiger partial charge >= 0.3 is 0 Å². The normalized spacial score (nSPS) is 9.92. The number of nitrogens with zero attached hydrogens (tertiary/aromatic N) is 1. The molecule has 0 spiro atoms. The van der Waals surface area contributed by atoms with Crippen molar-refractivity contribution < 1.29 is 4.39 Å². The highest BCUT2D eigenvalue weighted by atomic mass is 79.9. The fraction of sp³-hybridized carbons (Fsp3) is 0.300. The lowest BCUT2D eigenvalue weighted by Gasteiger charge is -2.03. The molecule has 0 unspecified atom stereocenters. The van der Waals surface area contributed by atoms with Crippen LogP contribution < -0.4 is 0 Å². The first-order valence-electron chi connectivity index (χ1n) is 3.98. The highest BCUT2D eigenvalue weighted by Gasteiger charge is 2.05. The Morgan fingerprint density at radius 1 is 1.38 bits per heavy atom. The lowest BCUT2D eigenvalue weighted by molar-refractivity contribution is 0.628. The molecule has 0 radical (unpaired) electrons. The first-order valence-corrected chi connectivity index (χ1v) is 4.77. The summed E-state index contributed by atoms with van der Waals surface area (Å²) in [4.78, 5) is 4.12. The van der Waals surface area contributed by atoms with Crippen molar-refractivity contribution >= 4 is 27.3 Å². The fourth-order valence-electron chi connectivity index (χ4n) is 1.06. The van der Waals surface area contributed by atoms with E-state index in [1.54, 1.807) is 0 Å². The topological polar surface area (TPSA) is 12.4 Å². The van der Waals surface area contributed by atoms with E-state index in [9.17, 15) is 4.39 Å². The third kappa shape index (κ3) is 2.62. The van der Waals surface area contributed by atoms with E-state index < -0.39 is 0 Å². The van der Waals surface area contributed by atoms with Crippen molar-refractivity contribution in [3.8, 4) is 0 Å². The molecule has 0 aliphatic heterocycles. The van der Waals surface area contributed by atoms with Crippen molar-refractivity contribution in [3.63, 3.8) is 0 Å². The van der Waals surface area contributed by atoms with Crippen molar-refractivity contribution in [2.75, 3.05) is 0 Å². The summed E-state index contributed by atoms with van der Waals surface area (Å²) in [5.74, 6) is -0.284.